The lowest BCUT2D eigenvalue weighted by atomic mass is 9.96. The average Bonchev–Trinajstić information content (AvgIpc) is 2.92. The van der Waals surface area contributed by atoms with Crippen molar-refractivity contribution in [1.29, 1.82) is 0 Å². The lowest BCUT2D eigenvalue weighted by Crippen LogP contribution is -2.41. The van der Waals surface area contributed by atoms with Crippen molar-refractivity contribution in [3.63, 3.8) is 0 Å². The smallest absolute Gasteiger partial charge is 0.309 e. The molecule has 0 aromatic heterocycles. The van der Waals surface area contributed by atoms with Gasteiger partial charge in [0.05, 0.1) is 25.0 Å². The molecule has 19 heavy (non-hydrogen) atoms. The van der Waals surface area contributed by atoms with E-state index in [1.807, 2.05) is 11.8 Å². The summed E-state index contributed by atoms with van der Waals surface area (Å²) in [4.78, 5) is 25.6. The zero-order chi connectivity index (χ0) is 13.7. The third-order valence-corrected chi connectivity index (χ3v) is 3.89. The van der Waals surface area contributed by atoms with Gasteiger partial charge in [-0.1, -0.05) is 0 Å². The van der Waals surface area contributed by atoms with Gasteiger partial charge in [0.15, 0.2) is 0 Å². The second kappa shape index (κ2) is 6.89. The maximum atomic E-state index is 12.1. The molecule has 0 bridgehead atoms. The van der Waals surface area contributed by atoms with Crippen LogP contribution in [0.15, 0.2) is 0 Å². The Labute approximate surface area is 114 Å². The summed E-state index contributed by atoms with van der Waals surface area (Å²) in [7, 11) is 0. The molecule has 2 aliphatic rings. The summed E-state index contributed by atoms with van der Waals surface area (Å²) in [6.45, 7) is 4.35. The second-order valence-electron chi connectivity index (χ2n) is 5.25. The number of ether oxygens (including phenoxy) is 2. The highest BCUT2D eigenvalue weighted by Crippen LogP contribution is 2.21. The Morgan fingerprint density at radius 1 is 1.26 bits per heavy atom. The predicted octanol–water partition coefficient (Wildman–Crippen LogP) is 1.36. The lowest BCUT2D eigenvalue weighted by molar-refractivity contribution is -0.151. The summed E-state index contributed by atoms with van der Waals surface area (Å²) in [6, 6.07) is 0. The number of carbonyl (C=O) groups is 2. The Morgan fingerprint density at radius 2 is 2.00 bits per heavy atom. The maximum absolute atomic E-state index is 12.1. The highest BCUT2D eigenvalue weighted by molar-refractivity contribution is 5.77. The fourth-order valence-corrected chi connectivity index (χ4v) is 2.75. The van der Waals surface area contributed by atoms with Gasteiger partial charge in [0.2, 0.25) is 5.91 Å². The summed E-state index contributed by atoms with van der Waals surface area (Å²) in [5, 5.41) is 0. The van der Waals surface area contributed by atoms with Gasteiger partial charge < -0.3 is 14.4 Å². The molecule has 5 nitrogen and oxygen atoms in total. The first-order valence-corrected chi connectivity index (χ1v) is 7.26. The quantitative estimate of drug-likeness (QED) is 0.723. The normalized spacial score (nSPS) is 24.5. The van der Waals surface area contributed by atoms with Crippen LogP contribution in [0.3, 0.4) is 0 Å². The van der Waals surface area contributed by atoms with Crippen LogP contribution in [0.5, 0.6) is 0 Å². The van der Waals surface area contributed by atoms with E-state index < -0.39 is 0 Å². The summed E-state index contributed by atoms with van der Waals surface area (Å²) in [6.07, 6.45) is 4.08. The number of piperidine rings is 1. The van der Waals surface area contributed by atoms with E-state index in [0.717, 1.165) is 32.3 Å². The Morgan fingerprint density at radius 3 is 2.58 bits per heavy atom. The first-order valence-electron chi connectivity index (χ1n) is 7.26. The zero-order valence-corrected chi connectivity index (χ0v) is 11.6. The van der Waals surface area contributed by atoms with Crippen LogP contribution in [-0.4, -0.2) is 49.2 Å². The molecule has 0 aromatic carbocycles. The number of amides is 1. The number of nitrogens with zero attached hydrogens (tertiary/aromatic N) is 1. The average molecular weight is 269 g/mol. The van der Waals surface area contributed by atoms with Gasteiger partial charge >= 0.3 is 5.97 Å². The minimum atomic E-state index is -0.117. The molecule has 1 atom stereocenters. The van der Waals surface area contributed by atoms with Crippen LogP contribution < -0.4 is 0 Å². The van der Waals surface area contributed by atoms with Crippen molar-refractivity contribution >= 4 is 11.9 Å². The molecule has 5 heteroatoms. The summed E-state index contributed by atoms with van der Waals surface area (Å²) in [5.74, 6) is 0.00895. The molecule has 2 aliphatic heterocycles. The lowest BCUT2D eigenvalue weighted by Gasteiger charge is -2.31. The van der Waals surface area contributed by atoms with E-state index >= 15 is 0 Å². The van der Waals surface area contributed by atoms with Gasteiger partial charge in [-0.3, -0.25) is 9.59 Å². The standard InChI is InChI=1S/C14H23NO4/c1-2-18-14(17)11-5-7-15(8-6-11)13(16)10-12-4-3-9-19-12/h11-12H,2-10H2,1H3. The largest absolute Gasteiger partial charge is 0.466 e. The topological polar surface area (TPSA) is 55.8 Å². The van der Waals surface area contributed by atoms with Crippen LogP contribution in [0.4, 0.5) is 0 Å². The highest BCUT2D eigenvalue weighted by Gasteiger charge is 2.29. The van der Waals surface area contributed by atoms with Crippen molar-refractivity contribution in [2.75, 3.05) is 26.3 Å². The molecule has 2 fully saturated rings. The van der Waals surface area contributed by atoms with E-state index in [9.17, 15) is 9.59 Å². The van der Waals surface area contributed by atoms with E-state index in [1.54, 1.807) is 0 Å². The predicted molar refractivity (Wildman–Crippen MR) is 69.5 cm³/mol. The van der Waals surface area contributed by atoms with E-state index in [2.05, 4.69) is 0 Å². The van der Waals surface area contributed by atoms with Crippen molar-refractivity contribution in [2.24, 2.45) is 5.92 Å². The summed E-state index contributed by atoms with van der Waals surface area (Å²) in [5.41, 5.74) is 0. The van der Waals surface area contributed by atoms with Crippen molar-refractivity contribution in [2.45, 2.75) is 45.1 Å². The minimum Gasteiger partial charge on any atom is -0.466 e. The minimum absolute atomic E-state index is 0.0354. The fourth-order valence-electron chi connectivity index (χ4n) is 2.75. The van der Waals surface area contributed by atoms with Gasteiger partial charge in [0.1, 0.15) is 0 Å². The monoisotopic (exact) mass is 269 g/mol. The fraction of sp³-hybridized carbons (Fsp3) is 0.857. The van der Waals surface area contributed by atoms with Crippen LogP contribution in [0.1, 0.15) is 39.0 Å². The Bertz CT molecular complexity index is 317. The molecular weight excluding hydrogens is 246 g/mol. The first-order chi connectivity index (χ1) is 9.20. The molecule has 0 spiro atoms. The molecule has 1 unspecified atom stereocenters. The van der Waals surface area contributed by atoms with E-state index in [1.165, 1.54) is 0 Å². The molecule has 1 amide bonds. The highest BCUT2D eigenvalue weighted by atomic mass is 16.5. The maximum Gasteiger partial charge on any atom is 0.309 e. The second-order valence-corrected chi connectivity index (χ2v) is 5.25. The van der Waals surface area contributed by atoms with E-state index in [0.29, 0.717) is 26.1 Å². The number of hydrogen-bond acceptors (Lipinski definition) is 4. The number of carbonyl (C=O) groups excluding carboxylic acids is 2. The molecular formula is C14H23NO4. The molecule has 0 aromatic rings. The third kappa shape index (κ3) is 3.93. The van der Waals surface area contributed by atoms with E-state index in [4.69, 9.17) is 9.47 Å². The number of likely N-dealkylation sites (tertiary alicyclic amines) is 1. The molecule has 0 saturated carbocycles. The van der Waals surface area contributed by atoms with Crippen molar-refractivity contribution in [1.82, 2.24) is 4.90 Å². The molecule has 2 rings (SSSR count). The van der Waals surface area contributed by atoms with Gasteiger partial charge in [-0.15, -0.1) is 0 Å². The molecule has 0 N–H and O–H groups in total. The van der Waals surface area contributed by atoms with Gasteiger partial charge in [0.25, 0.3) is 0 Å². The first kappa shape index (κ1) is 14.3. The molecule has 2 heterocycles. The van der Waals surface area contributed by atoms with Crippen LogP contribution in [-0.2, 0) is 19.1 Å². The third-order valence-electron chi connectivity index (χ3n) is 3.89. The molecule has 0 radical (unpaired) electrons. The number of hydrogen-bond donors (Lipinski definition) is 0. The molecule has 108 valence electrons. The van der Waals surface area contributed by atoms with Crippen LogP contribution >= 0.6 is 0 Å². The van der Waals surface area contributed by atoms with Gasteiger partial charge in [-0.05, 0) is 32.6 Å². The summed E-state index contributed by atoms with van der Waals surface area (Å²) < 4.78 is 10.5. The van der Waals surface area contributed by atoms with Crippen molar-refractivity contribution < 1.29 is 19.1 Å². The molecule has 0 aliphatic carbocycles. The van der Waals surface area contributed by atoms with E-state index in [-0.39, 0.29) is 23.9 Å². The summed E-state index contributed by atoms with van der Waals surface area (Å²) >= 11 is 0. The van der Waals surface area contributed by atoms with Gasteiger partial charge in [0, 0.05) is 19.7 Å². The Kier molecular flexibility index (Phi) is 5.19. The Hall–Kier alpha value is -1.10. The van der Waals surface area contributed by atoms with Crippen LogP contribution in [0.2, 0.25) is 0 Å². The van der Waals surface area contributed by atoms with Crippen LogP contribution in [0, 0.1) is 5.92 Å². The zero-order valence-electron chi connectivity index (χ0n) is 11.6. The Balaban J connectivity index is 1.72. The van der Waals surface area contributed by atoms with Crippen molar-refractivity contribution in [3.05, 3.63) is 0 Å². The number of rotatable bonds is 4. The van der Waals surface area contributed by atoms with Crippen LogP contribution in [0.25, 0.3) is 0 Å². The SMILES string of the molecule is CCOC(=O)C1CCN(C(=O)CC2CCCO2)CC1. The molecule has 2 saturated heterocycles. The number of esters is 1. The van der Waals surface area contributed by atoms with Crippen molar-refractivity contribution in [3.8, 4) is 0 Å². The van der Waals surface area contributed by atoms with Gasteiger partial charge in [-0.25, -0.2) is 0 Å². The van der Waals surface area contributed by atoms with Gasteiger partial charge in [-0.2, -0.15) is 0 Å².